The number of nitrogens with zero attached hydrogens (tertiary/aromatic N) is 3. The third-order valence-electron chi connectivity index (χ3n) is 2.59. The van der Waals surface area contributed by atoms with Crippen molar-refractivity contribution in [3.63, 3.8) is 0 Å². The molecule has 0 aliphatic heterocycles. The maximum atomic E-state index is 12.8. The van der Waals surface area contributed by atoms with E-state index in [1.54, 1.807) is 18.3 Å². The molecule has 0 saturated heterocycles. The van der Waals surface area contributed by atoms with Crippen LogP contribution < -0.4 is 5.32 Å². The van der Waals surface area contributed by atoms with E-state index in [9.17, 15) is 4.39 Å². The van der Waals surface area contributed by atoms with Gasteiger partial charge in [-0.05, 0) is 24.1 Å². The fourth-order valence-corrected chi connectivity index (χ4v) is 1.76. The summed E-state index contributed by atoms with van der Waals surface area (Å²) in [6.45, 7) is 0. The van der Waals surface area contributed by atoms with Gasteiger partial charge in [0.15, 0.2) is 5.82 Å². The highest BCUT2D eigenvalue weighted by Crippen LogP contribution is 2.43. The maximum Gasteiger partial charge on any atom is 0.224 e. The third kappa shape index (κ3) is 2.21. The van der Waals surface area contributed by atoms with Gasteiger partial charge in [-0.1, -0.05) is 0 Å². The minimum Gasteiger partial charge on any atom is -0.323 e. The molecule has 1 fully saturated rings. The Labute approximate surface area is 101 Å². The number of alkyl halides is 1. The first-order valence-corrected chi connectivity index (χ1v) is 5.55. The van der Waals surface area contributed by atoms with Crippen LogP contribution in [0.25, 0.3) is 0 Å². The van der Waals surface area contributed by atoms with Crippen molar-refractivity contribution >= 4 is 23.2 Å². The smallest absolute Gasteiger partial charge is 0.224 e. The zero-order chi connectivity index (χ0) is 11.8. The van der Waals surface area contributed by atoms with Gasteiger partial charge < -0.3 is 5.32 Å². The van der Waals surface area contributed by atoms with E-state index >= 15 is 0 Å². The van der Waals surface area contributed by atoms with Gasteiger partial charge in [-0.2, -0.15) is 5.10 Å². The average molecular weight is 254 g/mol. The van der Waals surface area contributed by atoms with Gasteiger partial charge in [0.1, 0.15) is 12.0 Å². The fourth-order valence-electron chi connectivity index (χ4n) is 1.61. The minimum absolute atomic E-state index is 0.0352. The summed E-state index contributed by atoms with van der Waals surface area (Å²) in [5.41, 5.74) is 0.806. The van der Waals surface area contributed by atoms with Crippen LogP contribution in [0.5, 0.6) is 0 Å². The van der Waals surface area contributed by atoms with Crippen LogP contribution in [-0.2, 0) is 0 Å². The van der Waals surface area contributed by atoms with E-state index in [0.717, 1.165) is 5.69 Å². The molecule has 0 unspecified atom stereocenters. The lowest BCUT2D eigenvalue weighted by molar-refractivity contribution is 0.466. The topological polar surface area (TPSA) is 66.5 Å². The molecule has 1 aliphatic carbocycles. The fraction of sp³-hybridized carbons (Fsp3) is 0.300. The highest BCUT2D eigenvalue weighted by molar-refractivity contribution is 6.28. The number of hydrogen-bond acceptors (Lipinski definition) is 4. The Morgan fingerprint density at radius 1 is 1.47 bits per heavy atom. The summed E-state index contributed by atoms with van der Waals surface area (Å²) in [6, 6.07) is 3.45. The predicted octanol–water partition coefficient (Wildman–Crippen LogP) is 2.42. The molecule has 2 N–H and O–H groups in total. The van der Waals surface area contributed by atoms with Crippen molar-refractivity contribution < 1.29 is 4.39 Å². The Balaban J connectivity index is 1.75. The van der Waals surface area contributed by atoms with Crippen molar-refractivity contribution in [1.82, 2.24) is 20.2 Å². The van der Waals surface area contributed by atoms with Crippen LogP contribution >= 0.6 is 11.6 Å². The average Bonchev–Trinajstić information content (AvgIpc) is 2.85. The van der Waals surface area contributed by atoms with Crippen LogP contribution in [0.2, 0.25) is 5.28 Å². The molecule has 88 valence electrons. The van der Waals surface area contributed by atoms with Crippen LogP contribution in [0.1, 0.15) is 18.0 Å². The van der Waals surface area contributed by atoms with Crippen molar-refractivity contribution in [2.75, 3.05) is 5.32 Å². The number of nitrogens with one attached hydrogen (secondary N) is 2. The van der Waals surface area contributed by atoms with Crippen LogP contribution in [0.15, 0.2) is 18.3 Å². The zero-order valence-corrected chi connectivity index (χ0v) is 9.45. The van der Waals surface area contributed by atoms with Crippen LogP contribution in [0.4, 0.5) is 16.0 Å². The largest absolute Gasteiger partial charge is 0.323 e. The Kier molecular flexibility index (Phi) is 2.44. The van der Waals surface area contributed by atoms with E-state index in [-0.39, 0.29) is 11.2 Å². The molecular weight excluding hydrogens is 245 g/mol. The van der Waals surface area contributed by atoms with Crippen LogP contribution in [0, 0.1) is 0 Å². The zero-order valence-electron chi connectivity index (χ0n) is 8.69. The SMILES string of the molecule is F[C@@H]1C[C@@H]1c1cc(Nc2ccnc(Cl)n2)n[nH]1. The maximum absolute atomic E-state index is 12.8. The second kappa shape index (κ2) is 3.96. The van der Waals surface area contributed by atoms with Gasteiger partial charge in [-0.3, -0.25) is 5.10 Å². The molecule has 0 spiro atoms. The quantitative estimate of drug-likeness (QED) is 0.825. The van der Waals surface area contributed by atoms with E-state index in [0.29, 0.717) is 18.1 Å². The van der Waals surface area contributed by atoms with E-state index in [1.165, 1.54) is 0 Å². The molecule has 0 radical (unpaired) electrons. The van der Waals surface area contributed by atoms with Gasteiger partial charge in [0.05, 0.1) is 0 Å². The van der Waals surface area contributed by atoms with Crippen molar-refractivity contribution in [3.05, 3.63) is 29.3 Å². The van der Waals surface area contributed by atoms with E-state index < -0.39 is 6.17 Å². The van der Waals surface area contributed by atoms with E-state index in [4.69, 9.17) is 11.6 Å². The molecule has 0 amide bonds. The van der Waals surface area contributed by atoms with Crippen molar-refractivity contribution in [1.29, 1.82) is 0 Å². The number of rotatable bonds is 3. The van der Waals surface area contributed by atoms with Gasteiger partial charge in [0, 0.05) is 23.9 Å². The Hall–Kier alpha value is -1.69. The molecule has 0 bridgehead atoms. The van der Waals surface area contributed by atoms with Gasteiger partial charge in [0.2, 0.25) is 5.28 Å². The molecule has 2 aromatic rings. The third-order valence-corrected chi connectivity index (χ3v) is 2.77. The Morgan fingerprint density at radius 3 is 3.00 bits per heavy atom. The van der Waals surface area contributed by atoms with Gasteiger partial charge >= 0.3 is 0 Å². The van der Waals surface area contributed by atoms with E-state index in [2.05, 4.69) is 25.5 Å². The number of hydrogen-bond donors (Lipinski definition) is 2. The standard InChI is InChI=1S/C10H9ClFN5/c11-10-13-2-1-8(15-10)14-9-4-7(16-17-9)5-3-6(5)12/h1-2,4-6H,3H2,(H2,13,14,15,16,17)/t5-,6+/m0/s1. The number of aromatic nitrogens is 4. The number of aromatic amines is 1. The molecule has 17 heavy (non-hydrogen) atoms. The summed E-state index contributed by atoms with van der Waals surface area (Å²) in [5.74, 6) is 1.11. The minimum atomic E-state index is -0.739. The van der Waals surface area contributed by atoms with Crippen LogP contribution in [0.3, 0.4) is 0 Å². The van der Waals surface area contributed by atoms with Crippen LogP contribution in [-0.4, -0.2) is 26.3 Å². The van der Waals surface area contributed by atoms with E-state index in [1.807, 2.05) is 0 Å². The normalized spacial score (nSPS) is 22.5. The van der Waals surface area contributed by atoms with Gasteiger partial charge in [-0.15, -0.1) is 0 Å². The molecule has 5 nitrogen and oxygen atoms in total. The Bertz CT molecular complexity index is 543. The van der Waals surface area contributed by atoms with Crippen molar-refractivity contribution in [2.24, 2.45) is 0 Å². The first kappa shape index (κ1) is 10.5. The number of halogens is 2. The predicted molar refractivity (Wildman–Crippen MR) is 61.2 cm³/mol. The first-order chi connectivity index (χ1) is 8.22. The monoisotopic (exact) mass is 253 g/mol. The lowest BCUT2D eigenvalue weighted by Crippen LogP contribution is -1.94. The molecule has 1 aliphatic rings. The molecular formula is C10H9ClFN5. The highest BCUT2D eigenvalue weighted by atomic mass is 35.5. The van der Waals surface area contributed by atoms with Gasteiger partial charge in [-0.25, -0.2) is 14.4 Å². The summed E-state index contributed by atoms with van der Waals surface area (Å²) in [6.07, 6.45) is 1.38. The second-order valence-electron chi connectivity index (χ2n) is 3.90. The summed E-state index contributed by atoms with van der Waals surface area (Å²) in [7, 11) is 0. The first-order valence-electron chi connectivity index (χ1n) is 5.17. The molecule has 2 heterocycles. The molecule has 0 aromatic carbocycles. The number of H-pyrrole nitrogens is 1. The van der Waals surface area contributed by atoms with Crippen molar-refractivity contribution in [2.45, 2.75) is 18.5 Å². The van der Waals surface area contributed by atoms with Crippen molar-refractivity contribution in [3.8, 4) is 0 Å². The molecule has 7 heteroatoms. The summed E-state index contributed by atoms with van der Waals surface area (Å²) >= 11 is 5.66. The Morgan fingerprint density at radius 2 is 2.29 bits per heavy atom. The summed E-state index contributed by atoms with van der Waals surface area (Å²) in [5, 5.41) is 9.96. The molecule has 3 rings (SSSR count). The molecule has 2 atom stereocenters. The lowest BCUT2D eigenvalue weighted by atomic mass is 10.3. The number of anilines is 2. The molecule has 1 saturated carbocycles. The van der Waals surface area contributed by atoms with Gasteiger partial charge in [0.25, 0.3) is 0 Å². The highest BCUT2D eigenvalue weighted by Gasteiger charge is 2.40. The summed E-state index contributed by atoms with van der Waals surface area (Å²) < 4.78 is 12.8. The summed E-state index contributed by atoms with van der Waals surface area (Å²) in [4.78, 5) is 7.74. The lowest BCUT2D eigenvalue weighted by Gasteiger charge is -2.00. The second-order valence-corrected chi connectivity index (χ2v) is 4.24. The molecule has 2 aromatic heterocycles.